The van der Waals surface area contributed by atoms with Crippen LogP contribution >= 0.6 is 0 Å². The van der Waals surface area contributed by atoms with Gasteiger partial charge in [0.25, 0.3) is 5.91 Å². The summed E-state index contributed by atoms with van der Waals surface area (Å²) in [5.74, 6) is 1.58. The van der Waals surface area contributed by atoms with Gasteiger partial charge >= 0.3 is 0 Å². The van der Waals surface area contributed by atoms with E-state index in [9.17, 15) is 4.79 Å². The molecule has 1 aliphatic heterocycles. The molecule has 1 aromatic carbocycles. The van der Waals surface area contributed by atoms with Gasteiger partial charge in [0.15, 0.2) is 5.69 Å². The summed E-state index contributed by atoms with van der Waals surface area (Å²) >= 11 is 0. The normalized spacial score (nSPS) is 15.3. The predicted octanol–water partition coefficient (Wildman–Crippen LogP) is 2.32. The van der Waals surface area contributed by atoms with E-state index in [-0.39, 0.29) is 5.91 Å². The van der Waals surface area contributed by atoms with Crippen LogP contribution in [-0.4, -0.2) is 48.4 Å². The summed E-state index contributed by atoms with van der Waals surface area (Å²) in [5, 5.41) is 8.57. The molecule has 0 aliphatic carbocycles. The van der Waals surface area contributed by atoms with Gasteiger partial charge in [-0.05, 0) is 37.8 Å². The van der Waals surface area contributed by atoms with Gasteiger partial charge in [0.1, 0.15) is 5.82 Å². The maximum atomic E-state index is 12.7. The van der Waals surface area contributed by atoms with Crippen molar-refractivity contribution in [3.8, 4) is 5.69 Å². The lowest BCUT2D eigenvalue weighted by atomic mass is 9.96. The largest absolute Gasteiger partial charge is 0.337 e. The molecular weight excluding hydrogens is 328 g/mol. The fourth-order valence-electron chi connectivity index (χ4n) is 3.40. The molecule has 26 heavy (non-hydrogen) atoms. The maximum Gasteiger partial charge on any atom is 0.276 e. The van der Waals surface area contributed by atoms with Crippen LogP contribution in [0.25, 0.3) is 5.69 Å². The number of hydrogen-bond acceptors (Lipinski definition) is 4. The smallest absolute Gasteiger partial charge is 0.276 e. The molecule has 3 heterocycles. The Morgan fingerprint density at radius 1 is 1.19 bits per heavy atom. The van der Waals surface area contributed by atoms with E-state index in [2.05, 4.69) is 19.7 Å². The van der Waals surface area contributed by atoms with E-state index in [1.165, 1.54) is 4.80 Å². The van der Waals surface area contributed by atoms with Crippen LogP contribution < -0.4 is 0 Å². The van der Waals surface area contributed by atoms with Crippen LogP contribution in [0.4, 0.5) is 0 Å². The average molecular weight is 350 g/mol. The van der Waals surface area contributed by atoms with Crippen molar-refractivity contribution < 1.29 is 4.79 Å². The molecule has 0 spiro atoms. The quantitative estimate of drug-likeness (QED) is 0.724. The molecule has 0 atom stereocenters. The number of para-hydroxylation sites is 1. The van der Waals surface area contributed by atoms with Crippen LogP contribution in [0.3, 0.4) is 0 Å². The minimum atomic E-state index is -0.0376. The molecule has 134 valence electrons. The van der Waals surface area contributed by atoms with E-state index in [4.69, 9.17) is 0 Å². The van der Waals surface area contributed by atoms with Gasteiger partial charge in [0.2, 0.25) is 0 Å². The Bertz CT molecular complexity index is 876. The van der Waals surface area contributed by atoms with E-state index in [0.717, 1.165) is 44.0 Å². The highest BCUT2D eigenvalue weighted by molar-refractivity contribution is 5.92. The Morgan fingerprint density at radius 2 is 1.96 bits per heavy atom. The molecule has 7 heteroatoms. The Morgan fingerprint density at radius 3 is 2.65 bits per heavy atom. The second kappa shape index (κ2) is 7.11. The van der Waals surface area contributed by atoms with E-state index in [1.54, 1.807) is 6.20 Å². The van der Waals surface area contributed by atoms with E-state index >= 15 is 0 Å². The monoisotopic (exact) mass is 350 g/mol. The number of benzene rings is 1. The van der Waals surface area contributed by atoms with Crippen molar-refractivity contribution in [2.45, 2.75) is 26.3 Å². The fourth-order valence-corrected chi connectivity index (χ4v) is 3.40. The van der Waals surface area contributed by atoms with Crippen molar-refractivity contribution in [3.63, 3.8) is 0 Å². The van der Waals surface area contributed by atoms with Crippen molar-refractivity contribution in [1.82, 2.24) is 29.4 Å². The Labute approximate surface area is 152 Å². The summed E-state index contributed by atoms with van der Waals surface area (Å²) < 4.78 is 2.19. The number of imidazole rings is 1. The van der Waals surface area contributed by atoms with Crippen LogP contribution in [0, 0.1) is 12.8 Å². The molecule has 3 aromatic rings. The molecule has 0 N–H and O–H groups in total. The number of likely N-dealkylation sites (tertiary alicyclic amines) is 1. The van der Waals surface area contributed by atoms with Gasteiger partial charge in [0, 0.05) is 32.0 Å². The second-order valence-corrected chi connectivity index (χ2v) is 6.72. The van der Waals surface area contributed by atoms with Gasteiger partial charge in [-0.1, -0.05) is 18.2 Å². The van der Waals surface area contributed by atoms with Crippen molar-refractivity contribution in [3.05, 3.63) is 60.4 Å². The van der Waals surface area contributed by atoms with Crippen molar-refractivity contribution >= 4 is 5.91 Å². The third-order valence-corrected chi connectivity index (χ3v) is 4.98. The molecule has 0 bridgehead atoms. The van der Waals surface area contributed by atoms with Crippen molar-refractivity contribution in [2.24, 2.45) is 5.92 Å². The van der Waals surface area contributed by atoms with Crippen LogP contribution in [0.15, 0.2) is 48.9 Å². The Balaban J connectivity index is 1.37. The first-order valence-electron chi connectivity index (χ1n) is 8.95. The lowest BCUT2D eigenvalue weighted by molar-refractivity contribution is 0.0676. The second-order valence-electron chi connectivity index (χ2n) is 6.72. The van der Waals surface area contributed by atoms with E-state index < -0.39 is 0 Å². The molecular formula is C19H22N6O. The topological polar surface area (TPSA) is 68.8 Å². The zero-order chi connectivity index (χ0) is 17.9. The highest BCUT2D eigenvalue weighted by Gasteiger charge is 2.25. The lowest BCUT2D eigenvalue weighted by Crippen LogP contribution is -2.39. The van der Waals surface area contributed by atoms with Gasteiger partial charge in [-0.3, -0.25) is 4.79 Å². The predicted molar refractivity (Wildman–Crippen MR) is 97.0 cm³/mol. The fraction of sp³-hybridized carbons (Fsp3) is 0.368. The number of aryl methyl sites for hydroxylation is 1. The van der Waals surface area contributed by atoms with E-state index in [0.29, 0.717) is 11.6 Å². The summed E-state index contributed by atoms with van der Waals surface area (Å²) in [7, 11) is 0. The van der Waals surface area contributed by atoms with Crippen LogP contribution in [-0.2, 0) is 6.54 Å². The molecule has 2 aromatic heterocycles. The number of piperidine rings is 1. The number of carbonyl (C=O) groups is 1. The minimum Gasteiger partial charge on any atom is -0.337 e. The standard InChI is InChI=1S/C19H22N6O/c1-15-20-9-12-24(15)14-16-7-10-23(11-8-16)19(26)18-13-21-25(22-18)17-5-3-2-4-6-17/h2-6,9,12-13,16H,7-8,10-11,14H2,1H3. The lowest BCUT2D eigenvalue weighted by Gasteiger charge is -2.31. The zero-order valence-electron chi connectivity index (χ0n) is 14.8. The summed E-state index contributed by atoms with van der Waals surface area (Å²) in [6.07, 6.45) is 7.40. The summed E-state index contributed by atoms with van der Waals surface area (Å²) in [4.78, 5) is 20.4. The molecule has 0 radical (unpaired) electrons. The van der Waals surface area contributed by atoms with Gasteiger partial charge in [-0.2, -0.15) is 9.90 Å². The van der Waals surface area contributed by atoms with Crippen LogP contribution in [0.2, 0.25) is 0 Å². The van der Waals surface area contributed by atoms with Crippen molar-refractivity contribution in [1.29, 1.82) is 0 Å². The summed E-state index contributed by atoms with van der Waals surface area (Å²) in [5.41, 5.74) is 1.25. The number of hydrogen-bond donors (Lipinski definition) is 0. The van der Waals surface area contributed by atoms with Gasteiger partial charge in [-0.25, -0.2) is 4.98 Å². The highest BCUT2D eigenvalue weighted by atomic mass is 16.2. The molecule has 1 saturated heterocycles. The Kier molecular flexibility index (Phi) is 4.51. The van der Waals surface area contributed by atoms with Gasteiger partial charge in [-0.15, -0.1) is 5.10 Å². The van der Waals surface area contributed by atoms with Gasteiger partial charge < -0.3 is 9.47 Å². The number of carbonyl (C=O) groups excluding carboxylic acids is 1. The third-order valence-electron chi connectivity index (χ3n) is 4.98. The number of nitrogens with zero attached hydrogens (tertiary/aromatic N) is 6. The zero-order valence-corrected chi connectivity index (χ0v) is 14.8. The first-order valence-corrected chi connectivity index (χ1v) is 8.95. The Hall–Kier alpha value is -2.96. The minimum absolute atomic E-state index is 0.0376. The number of amides is 1. The highest BCUT2D eigenvalue weighted by Crippen LogP contribution is 2.21. The summed E-state index contributed by atoms with van der Waals surface area (Å²) in [6, 6.07) is 9.62. The molecule has 1 aliphatic rings. The first kappa shape index (κ1) is 16.5. The van der Waals surface area contributed by atoms with Crippen LogP contribution in [0.1, 0.15) is 29.2 Å². The van der Waals surface area contributed by atoms with Crippen molar-refractivity contribution in [2.75, 3.05) is 13.1 Å². The number of aromatic nitrogens is 5. The van der Waals surface area contributed by atoms with E-state index in [1.807, 2.05) is 54.5 Å². The molecule has 7 nitrogen and oxygen atoms in total. The third kappa shape index (κ3) is 3.37. The summed E-state index contributed by atoms with van der Waals surface area (Å²) in [6.45, 7) is 4.51. The molecule has 0 unspecified atom stereocenters. The molecule has 4 rings (SSSR count). The molecule has 0 saturated carbocycles. The first-order chi connectivity index (χ1) is 12.7. The maximum absolute atomic E-state index is 12.7. The molecule has 1 amide bonds. The van der Waals surface area contributed by atoms with Crippen LogP contribution in [0.5, 0.6) is 0 Å². The van der Waals surface area contributed by atoms with Gasteiger partial charge in [0.05, 0.1) is 11.9 Å². The molecule has 1 fully saturated rings. The average Bonchev–Trinajstić information content (AvgIpc) is 3.32. The number of rotatable bonds is 4. The SMILES string of the molecule is Cc1nccn1CC1CCN(C(=O)c2cnn(-c3ccccc3)n2)CC1.